The molecule has 0 bridgehead atoms. The van der Waals surface area contributed by atoms with E-state index in [9.17, 15) is 4.79 Å². The lowest BCUT2D eigenvalue weighted by molar-refractivity contribution is -0.141. The van der Waals surface area contributed by atoms with Gasteiger partial charge in [-0.2, -0.15) is 0 Å². The Morgan fingerprint density at radius 2 is 2.05 bits per heavy atom. The van der Waals surface area contributed by atoms with Crippen LogP contribution >= 0.6 is 12.2 Å². The maximum absolute atomic E-state index is 11.6. The molecule has 2 rings (SSSR count). The average Bonchev–Trinajstić information content (AvgIpc) is 3.21. The summed E-state index contributed by atoms with van der Waals surface area (Å²) in [6.45, 7) is 2.53. The molecule has 19 heavy (non-hydrogen) atoms. The number of hydrogen-bond acceptors (Lipinski definition) is 4. The van der Waals surface area contributed by atoms with Crippen molar-refractivity contribution in [1.29, 1.82) is 0 Å². The summed E-state index contributed by atoms with van der Waals surface area (Å²) in [4.78, 5) is 14.1. The summed E-state index contributed by atoms with van der Waals surface area (Å²) in [7, 11) is 0. The Labute approximate surface area is 118 Å². The molecule has 4 nitrogen and oxygen atoms in total. The molecule has 1 aromatic carbocycles. The van der Waals surface area contributed by atoms with Crippen molar-refractivity contribution in [3.05, 3.63) is 29.8 Å². The van der Waals surface area contributed by atoms with Gasteiger partial charge in [-0.05, 0) is 44.0 Å². The molecule has 1 aromatic rings. The van der Waals surface area contributed by atoms with E-state index in [1.54, 1.807) is 0 Å². The highest BCUT2D eigenvalue weighted by atomic mass is 32.1. The van der Waals surface area contributed by atoms with Crippen LogP contribution < -0.4 is 10.6 Å². The van der Waals surface area contributed by atoms with E-state index in [2.05, 4.69) is 4.90 Å². The number of benzene rings is 1. The predicted octanol–water partition coefficient (Wildman–Crippen LogP) is 1.85. The number of hydrogen-bond donors (Lipinski definition) is 1. The standard InChI is InChI=1S/C14H18N2O2S/c1-2-18-13(17)9-16(12-7-8-12)11-5-3-10(4-6-11)14(15)19/h3-6,12H,2,7-9H2,1H3,(H2,15,19). The molecular weight excluding hydrogens is 260 g/mol. The Bertz CT molecular complexity index is 469. The van der Waals surface area contributed by atoms with Crippen LogP contribution in [0.2, 0.25) is 0 Å². The van der Waals surface area contributed by atoms with E-state index in [0.29, 0.717) is 24.2 Å². The van der Waals surface area contributed by atoms with Gasteiger partial charge in [-0.1, -0.05) is 12.2 Å². The first-order chi connectivity index (χ1) is 9.11. The van der Waals surface area contributed by atoms with Crippen molar-refractivity contribution in [1.82, 2.24) is 0 Å². The van der Waals surface area contributed by atoms with Gasteiger partial charge in [0.15, 0.2) is 0 Å². The van der Waals surface area contributed by atoms with Gasteiger partial charge in [-0.15, -0.1) is 0 Å². The van der Waals surface area contributed by atoms with E-state index in [0.717, 1.165) is 24.1 Å². The summed E-state index contributed by atoms with van der Waals surface area (Å²) < 4.78 is 5.01. The van der Waals surface area contributed by atoms with Crippen LogP contribution in [-0.2, 0) is 9.53 Å². The highest BCUT2D eigenvalue weighted by molar-refractivity contribution is 7.80. The smallest absolute Gasteiger partial charge is 0.325 e. The van der Waals surface area contributed by atoms with Gasteiger partial charge in [-0.25, -0.2) is 0 Å². The van der Waals surface area contributed by atoms with Crippen molar-refractivity contribution in [3.8, 4) is 0 Å². The minimum atomic E-state index is -0.187. The number of esters is 1. The number of carbonyl (C=O) groups is 1. The highest BCUT2D eigenvalue weighted by Crippen LogP contribution is 2.31. The van der Waals surface area contributed by atoms with Gasteiger partial charge >= 0.3 is 5.97 Å². The number of nitrogens with zero attached hydrogens (tertiary/aromatic N) is 1. The lowest BCUT2D eigenvalue weighted by Crippen LogP contribution is -2.33. The molecular formula is C14H18N2O2S. The number of rotatable bonds is 6. The van der Waals surface area contributed by atoms with Crippen LogP contribution in [0.15, 0.2) is 24.3 Å². The second-order valence-electron chi connectivity index (χ2n) is 4.58. The third kappa shape index (κ3) is 3.67. The van der Waals surface area contributed by atoms with Crippen LogP contribution in [0.4, 0.5) is 5.69 Å². The van der Waals surface area contributed by atoms with E-state index >= 15 is 0 Å². The second kappa shape index (κ2) is 6.02. The lowest BCUT2D eigenvalue weighted by atomic mass is 10.2. The largest absolute Gasteiger partial charge is 0.465 e. The summed E-state index contributed by atoms with van der Waals surface area (Å²) in [5, 5.41) is 0. The van der Waals surface area contributed by atoms with Gasteiger partial charge < -0.3 is 15.4 Å². The molecule has 0 heterocycles. The van der Waals surface area contributed by atoms with E-state index < -0.39 is 0 Å². The van der Waals surface area contributed by atoms with E-state index in [-0.39, 0.29) is 5.97 Å². The van der Waals surface area contributed by atoms with Gasteiger partial charge in [-0.3, -0.25) is 4.79 Å². The van der Waals surface area contributed by atoms with Crippen molar-refractivity contribution in [2.75, 3.05) is 18.1 Å². The normalized spacial score (nSPS) is 13.9. The molecule has 0 spiro atoms. The number of anilines is 1. The van der Waals surface area contributed by atoms with Crippen LogP contribution in [0.5, 0.6) is 0 Å². The van der Waals surface area contributed by atoms with E-state index in [1.165, 1.54) is 0 Å². The molecule has 1 saturated carbocycles. The maximum Gasteiger partial charge on any atom is 0.325 e. The van der Waals surface area contributed by atoms with Crippen LogP contribution in [0.1, 0.15) is 25.3 Å². The third-order valence-electron chi connectivity index (χ3n) is 3.08. The van der Waals surface area contributed by atoms with Crippen molar-refractivity contribution >= 4 is 28.9 Å². The number of nitrogens with two attached hydrogens (primary N) is 1. The Balaban J connectivity index is 2.10. The fourth-order valence-electron chi connectivity index (χ4n) is 1.98. The third-order valence-corrected chi connectivity index (χ3v) is 3.31. The fourth-order valence-corrected chi connectivity index (χ4v) is 2.12. The molecule has 0 radical (unpaired) electrons. The molecule has 0 aromatic heterocycles. The summed E-state index contributed by atoms with van der Waals surface area (Å²) >= 11 is 4.93. The summed E-state index contributed by atoms with van der Waals surface area (Å²) in [6.07, 6.45) is 2.24. The molecule has 1 aliphatic rings. The minimum absolute atomic E-state index is 0.187. The van der Waals surface area contributed by atoms with Crippen molar-refractivity contribution < 1.29 is 9.53 Å². The molecule has 0 saturated heterocycles. The molecule has 0 unspecified atom stereocenters. The van der Waals surface area contributed by atoms with E-state index in [4.69, 9.17) is 22.7 Å². The molecule has 5 heteroatoms. The first kappa shape index (κ1) is 13.8. The molecule has 0 aliphatic heterocycles. The van der Waals surface area contributed by atoms with Gasteiger partial charge in [0.1, 0.15) is 11.5 Å². The number of thiocarbonyl (C=S) groups is 1. The Kier molecular flexibility index (Phi) is 4.37. The van der Waals surface area contributed by atoms with Gasteiger partial charge in [0.25, 0.3) is 0 Å². The first-order valence-corrected chi connectivity index (χ1v) is 6.84. The fraction of sp³-hybridized carbons (Fsp3) is 0.429. The summed E-state index contributed by atoms with van der Waals surface area (Å²) in [5.41, 5.74) is 7.42. The van der Waals surface area contributed by atoms with Crippen LogP contribution in [0.3, 0.4) is 0 Å². The SMILES string of the molecule is CCOC(=O)CN(c1ccc(C(N)=S)cc1)C1CC1. The Morgan fingerprint density at radius 1 is 1.42 bits per heavy atom. The minimum Gasteiger partial charge on any atom is -0.465 e. The van der Waals surface area contributed by atoms with Crippen molar-refractivity contribution in [3.63, 3.8) is 0 Å². The Hall–Kier alpha value is -1.62. The maximum atomic E-state index is 11.6. The lowest BCUT2D eigenvalue weighted by Gasteiger charge is -2.23. The van der Waals surface area contributed by atoms with Crippen LogP contribution in [-0.4, -0.2) is 30.2 Å². The Morgan fingerprint density at radius 3 is 2.53 bits per heavy atom. The second-order valence-corrected chi connectivity index (χ2v) is 5.02. The zero-order chi connectivity index (χ0) is 13.8. The summed E-state index contributed by atoms with van der Waals surface area (Å²) in [5.74, 6) is -0.187. The van der Waals surface area contributed by atoms with Crippen molar-refractivity contribution in [2.45, 2.75) is 25.8 Å². The molecule has 102 valence electrons. The van der Waals surface area contributed by atoms with Gasteiger partial charge in [0, 0.05) is 17.3 Å². The van der Waals surface area contributed by atoms with E-state index in [1.807, 2.05) is 31.2 Å². The topological polar surface area (TPSA) is 55.6 Å². The summed E-state index contributed by atoms with van der Waals surface area (Å²) in [6, 6.07) is 8.12. The number of ether oxygens (including phenoxy) is 1. The number of carbonyl (C=O) groups excluding carboxylic acids is 1. The average molecular weight is 278 g/mol. The van der Waals surface area contributed by atoms with Crippen LogP contribution in [0, 0.1) is 0 Å². The zero-order valence-corrected chi connectivity index (χ0v) is 11.8. The highest BCUT2D eigenvalue weighted by Gasteiger charge is 2.30. The predicted molar refractivity (Wildman–Crippen MR) is 79.3 cm³/mol. The van der Waals surface area contributed by atoms with Crippen LogP contribution in [0.25, 0.3) is 0 Å². The van der Waals surface area contributed by atoms with Gasteiger partial charge in [0.05, 0.1) is 6.61 Å². The monoisotopic (exact) mass is 278 g/mol. The van der Waals surface area contributed by atoms with Gasteiger partial charge in [0.2, 0.25) is 0 Å². The molecule has 1 fully saturated rings. The zero-order valence-electron chi connectivity index (χ0n) is 11.0. The first-order valence-electron chi connectivity index (χ1n) is 6.44. The molecule has 2 N–H and O–H groups in total. The van der Waals surface area contributed by atoms with Crippen molar-refractivity contribution in [2.24, 2.45) is 5.73 Å². The quantitative estimate of drug-likeness (QED) is 0.636. The molecule has 0 atom stereocenters. The molecule has 0 amide bonds. The molecule has 1 aliphatic carbocycles.